The predicted octanol–water partition coefficient (Wildman–Crippen LogP) is 3.14. The van der Waals surface area contributed by atoms with Crippen LogP contribution in [0.4, 0.5) is 4.39 Å². The van der Waals surface area contributed by atoms with Gasteiger partial charge in [0.2, 0.25) is 0 Å². The molecular weight excluding hydrogens is 337 g/mol. The Balaban J connectivity index is 2.17. The molecule has 2 aromatic rings. The lowest BCUT2D eigenvalue weighted by Gasteiger charge is -2.16. The zero-order valence-electron chi connectivity index (χ0n) is 12.1. The Kier molecular flexibility index (Phi) is 4.90. The molecule has 0 aliphatic rings. The molecule has 0 spiro atoms. The van der Waals surface area contributed by atoms with Crippen molar-refractivity contribution >= 4 is 15.9 Å². The van der Waals surface area contributed by atoms with Crippen LogP contribution in [0.25, 0.3) is 0 Å². The first-order valence-electron chi connectivity index (χ1n) is 6.63. The molecular formula is C15H17BrFN3O. The Hall–Kier alpha value is -1.53. The van der Waals surface area contributed by atoms with E-state index in [0.717, 1.165) is 4.47 Å². The van der Waals surface area contributed by atoms with E-state index in [1.54, 1.807) is 26.0 Å². The van der Waals surface area contributed by atoms with E-state index < -0.39 is 0 Å². The van der Waals surface area contributed by atoms with E-state index in [1.807, 2.05) is 6.92 Å². The van der Waals surface area contributed by atoms with Crippen LogP contribution in [0.5, 0.6) is 0 Å². The van der Waals surface area contributed by atoms with Gasteiger partial charge in [0, 0.05) is 28.3 Å². The second-order valence-corrected chi connectivity index (χ2v) is 5.90. The van der Waals surface area contributed by atoms with Gasteiger partial charge in [-0.1, -0.05) is 15.9 Å². The summed E-state index contributed by atoms with van der Waals surface area (Å²) in [4.78, 5) is 19.0. The molecule has 1 aromatic carbocycles. The molecule has 112 valence electrons. The van der Waals surface area contributed by atoms with Gasteiger partial charge in [0.1, 0.15) is 11.6 Å². The zero-order valence-corrected chi connectivity index (χ0v) is 13.7. The topological polar surface area (TPSA) is 57.8 Å². The van der Waals surface area contributed by atoms with Crippen molar-refractivity contribution in [2.75, 3.05) is 0 Å². The summed E-state index contributed by atoms with van der Waals surface area (Å²) < 4.78 is 14.5. The molecule has 2 N–H and O–H groups in total. The quantitative estimate of drug-likeness (QED) is 0.887. The number of nitrogens with one attached hydrogen (secondary N) is 2. The van der Waals surface area contributed by atoms with E-state index in [-0.39, 0.29) is 17.4 Å². The van der Waals surface area contributed by atoms with Crippen molar-refractivity contribution < 1.29 is 4.39 Å². The molecule has 0 radical (unpaired) electrons. The van der Waals surface area contributed by atoms with E-state index >= 15 is 0 Å². The van der Waals surface area contributed by atoms with Crippen molar-refractivity contribution in [3.05, 3.63) is 61.5 Å². The second-order valence-electron chi connectivity index (χ2n) is 4.99. The van der Waals surface area contributed by atoms with Gasteiger partial charge in [0.15, 0.2) is 0 Å². The summed E-state index contributed by atoms with van der Waals surface area (Å²) in [5, 5.41) is 3.16. The molecule has 0 saturated heterocycles. The average molecular weight is 354 g/mol. The normalized spacial score (nSPS) is 12.4. The second kappa shape index (κ2) is 6.49. The average Bonchev–Trinajstić information content (AvgIpc) is 2.38. The number of H-pyrrole nitrogens is 1. The van der Waals surface area contributed by atoms with Crippen molar-refractivity contribution in [1.82, 2.24) is 15.3 Å². The lowest BCUT2D eigenvalue weighted by molar-refractivity contribution is 0.537. The summed E-state index contributed by atoms with van der Waals surface area (Å²) in [5.74, 6) is 0.317. The van der Waals surface area contributed by atoms with Crippen LogP contribution in [0.2, 0.25) is 0 Å². The number of rotatable bonds is 4. The molecule has 1 atom stereocenters. The Bertz CT molecular complexity index is 715. The fourth-order valence-corrected chi connectivity index (χ4v) is 2.70. The third-order valence-electron chi connectivity index (χ3n) is 3.30. The monoisotopic (exact) mass is 353 g/mol. The smallest absolute Gasteiger partial charge is 0.255 e. The fraction of sp³-hybridized carbons (Fsp3) is 0.333. The van der Waals surface area contributed by atoms with Gasteiger partial charge in [-0.25, -0.2) is 9.37 Å². The Labute approximate surface area is 130 Å². The number of aromatic amines is 1. The lowest BCUT2D eigenvalue weighted by Crippen LogP contribution is -2.28. The van der Waals surface area contributed by atoms with Gasteiger partial charge < -0.3 is 10.3 Å². The predicted molar refractivity (Wildman–Crippen MR) is 83.7 cm³/mol. The van der Waals surface area contributed by atoms with Gasteiger partial charge in [0.25, 0.3) is 5.56 Å². The van der Waals surface area contributed by atoms with Crippen LogP contribution in [0.15, 0.2) is 27.5 Å². The van der Waals surface area contributed by atoms with E-state index in [4.69, 9.17) is 0 Å². The first-order chi connectivity index (χ1) is 9.88. The highest BCUT2D eigenvalue weighted by Crippen LogP contribution is 2.17. The first kappa shape index (κ1) is 15.9. The molecule has 0 fully saturated rings. The Morgan fingerprint density at radius 2 is 2.14 bits per heavy atom. The summed E-state index contributed by atoms with van der Waals surface area (Å²) in [6.45, 7) is 5.74. The van der Waals surface area contributed by atoms with Crippen LogP contribution >= 0.6 is 15.9 Å². The van der Waals surface area contributed by atoms with Gasteiger partial charge in [-0.15, -0.1) is 0 Å². The van der Waals surface area contributed by atoms with E-state index in [1.165, 1.54) is 6.07 Å². The van der Waals surface area contributed by atoms with Crippen LogP contribution in [0.1, 0.15) is 35.6 Å². The van der Waals surface area contributed by atoms with Crippen molar-refractivity contribution in [2.24, 2.45) is 0 Å². The molecule has 1 heterocycles. The standard InChI is InChI=1S/C15H17BrFN3O/c1-8(14-9(2)19-10(3)20-15(14)21)18-7-11-6-12(16)4-5-13(11)17/h4-6,8,18H,7H2,1-3H3,(H,19,20,21). The summed E-state index contributed by atoms with van der Waals surface area (Å²) in [6, 6.07) is 4.57. The third-order valence-corrected chi connectivity index (χ3v) is 3.80. The van der Waals surface area contributed by atoms with Crippen LogP contribution < -0.4 is 10.9 Å². The number of nitrogens with zero attached hydrogens (tertiary/aromatic N) is 1. The van der Waals surface area contributed by atoms with Crippen LogP contribution in [0, 0.1) is 19.7 Å². The number of aryl methyl sites for hydroxylation is 2. The van der Waals surface area contributed by atoms with Gasteiger partial charge in [-0.2, -0.15) is 0 Å². The molecule has 0 aliphatic carbocycles. The highest BCUT2D eigenvalue weighted by atomic mass is 79.9. The zero-order chi connectivity index (χ0) is 15.6. The molecule has 0 amide bonds. The maximum absolute atomic E-state index is 13.7. The van der Waals surface area contributed by atoms with Crippen molar-refractivity contribution in [3.63, 3.8) is 0 Å². The molecule has 0 bridgehead atoms. The van der Waals surface area contributed by atoms with E-state index in [9.17, 15) is 9.18 Å². The summed E-state index contributed by atoms with van der Waals surface area (Å²) in [5.41, 5.74) is 1.65. The lowest BCUT2D eigenvalue weighted by atomic mass is 10.1. The Morgan fingerprint density at radius 3 is 2.81 bits per heavy atom. The molecule has 1 aromatic heterocycles. The van der Waals surface area contributed by atoms with Crippen molar-refractivity contribution in [3.8, 4) is 0 Å². The molecule has 1 unspecified atom stereocenters. The first-order valence-corrected chi connectivity index (χ1v) is 7.42. The van der Waals surface area contributed by atoms with Crippen LogP contribution in [-0.2, 0) is 6.54 Å². The number of benzene rings is 1. The van der Waals surface area contributed by atoms with Crippen molar-refractivity contribution in [1.29, 1.82) is 0 Å². The van der Waals surface area contributed by atoms with Gasteiger partial charge in [0.05, 0.1) is 5.56 Å². The fourth-order valence-electron chi connectivity index (χ4n) is 2.29. The molecule has 6 heteroatoms. The minimum absolute atomic E-state index is 0.158. The van der Waals surface area contributed by atoms with E-state index in [0.29, 0.717) is 29.2 Å². The molecule has 4 nitrogen and oxygen atoms in total. The molecule has 2 rings (SSSR count). The molecule has 0 aliphatic heterocycles. The largest absolute Gasteiger partial charge is 0.310 e. The maximum Gasteiger partial charge on any atom is 0.255 e. The SMILES string of the molecule is Cc1nc(C)c(C(C)NCc2cc(Br)ccc2F)c(=O)[nH]1. The third kappa shape index (κ3) is 3.77. The number of halogens is 2. The summed E-state index contributed by atoms with van der Waals surface area (Å²) >= 11 is 3.32. The van der Waals surface area contributed by atoms with E-state index in [2.05, 4.69) is 31.2 Å². The Morgan fingerprint density at radius 1 is 1.43 bits per heavy atom. The molecule has 0 saturated carbocycles. The van der Waals surface area contributed by atoms with Crippen LogP contribution in [-0.4, -0.2) is 9.97 Å². The highest BCUT2D eigenvalue weighted by Gasteiger charge is 2.15. The van der Waals surface area contributed by atoms with Crippen LogP contribution in [0.3, 0.4) is 0 Å². The molecule has 21 heavy (non-hydrogen) atoms. The highest BCUT2D eigenvalue weighted by molar-refractivity contribution is 9.10. The number of hydrogen-bond acceptors (Lipinski definition) is 3. The van der Waals surface area contributed by atoms with Crippen molar-refractivity contribution in [2.45, 2.75) is 33.4 Å². The van der Waals surface area contributed by atoms with Gasteiger partial charge in [-0.3, -0.25) is 4.79 Å². The van der Waals surface area contributed by atoms with Gasteiger partial charge >= 0.3 is 0 Å². The maximum atomic E-state index is 13.7. The minimum Gasteiger partial charge on any atom is -0.310 e. The summed E-state index contributed by atoms with van der Waals surface area (Å²) in [6.07, 6.45) is 0. The van der Waals surface area contributed by atoms with Gasteiger partial charge in [-0.05, 0) is 39.0 Å². The number of aromatic nitrogens is 2. The summed E-state index contributed by atoms with van der Waals surface area (Å²) in [7, 11) is 0. The number of hydrogen-bond donors (Lipinski definition) is 2. The minimum atomic E-state index is -0.273.